The minimum atomic E-state index is -0.536. The Bertz CT molecular complexity index is 528. The first-order valence-corrected chi connectivity index (χ1v) is 8.37. The molecule has 4 heterocycles. The monoisotopic (exact) mass is 324 g/mol. The number of fused-ring (bicyclic) bond motifs is 2. The molecule has 7 nitrogen and oxygen atoms in total. The van der Waals surface area contributed by atoms with E-state index >= 15 is 0 Å². The number of hydrogen-bond donors (Lipinski definition) is 3. The number of nitrogens with zero attached hydrogens (tertiary/aromatic N) is 1. The number of furan rings is 1. The molecule has 1 aromatic rings. The van der Waals surface area contributed by atoms with Gasteiger partial charge in [-0.15, -0.1) is 0 Å². The first kappa shape index (κ1) is 15.6. The molecule has 4 rings (SSSR count). The van der Waals surface area contributed by atoms with Gasteiger partial charge in [0, 0.05) is 0 Å². The minimum Gasteiger partial charge on any atom is -0.462 e. The van der Waals surface area contributed by atoms with E-state index < -0.39 is 6.10 Å². The Labute approximate surface area is 135 Å². The van der Waals surface area contributed by atoms with Crippen LogP contribution in [-0.2, 0) is 22.6 Å². The van der Waals surface area contributed by atoms with E-state index in [0.29, 0.717) is 18.9 Å². The Balaban J connectivity index is 1.44. The van der Waals surface area contributed by atoms with Gasteiger partial charge in [-0.3, -0.25) is 4.90 Å². The molecule has 1 aromatic heterocycles. The highest BCUT2D eigenvalue weighted by atomic mass is 16.7. The zero-order chi connectivity index (χ0) is 15.8. The molecule has 0 saturated carbocycles. The molecule has 0 unspecified atom stereocenters. The van der Waals surface area contributed by atoms with Crippen molar-refractivity contribution in [2.75, 3.05) is 19.7 Å². The molecule has 0 spiro atoms. The van der Waals surface area contributed by atoms with Crippen LogP contribution >= 0.6 is 0 Å². The second-order valence-corrected chi connectivity index (χ2v) is 6.53. The Morgan fingerprint density at radius 3 is 2.74 bits per heavy atom. The SMILES string of the molecule is OCc1ccc(CN[C@H]2[C@H](O)[C@@H](N3CCCC3)[C@@H]3OC[C@H]2O3)o1. The third kappa shape index (κ3) is 2.93. The summed E-state index contributed by atoms with van der Waals surface area (Å²) in [7, 11) is 0. The first-order chi connectivity index (χ1) is 11.3. The summed E-state index contributed by atoms with van der Waals surface area (Å²) < 4.78 is 17.2. The van der Waals surface area contributed by atoms with E-state index in [4.69, 9.17) is 19.0 Å². The normalized spacial score (nSPS) is 37.6. The zero-order valence-electron chi connectivity index (χ0n) is 13.1. The fraction of sp³-hybridized carbons (Fsp3) is 0.750. The van der Waals surface area contributed by atoms with Crippen molar-refractivity contribution >= 4 is 0 Å². The average Bonchev–Trinajstić information content (AvgIpc) is 3.28. The van der Waals surface area contributed by atoms with Crippen molar-refractivity contribution in [3.05, 3.63) is 23.7 Å². The highest BCUT2D eigenvalue weighted by Crippen LogP contribution is 2.33. The maximum absolute atomic E-state index is 10.9. The topological polar surface area (TPSA) is 87.3 Å². The lowest BCUT2D eigenvalue weighted by Gasteiger charge is -2.42. The van der Waals surface area contributed by atoms with Crippen LogP contribution in [0.1, 0.15) is 24.4 Å². The fourth-order valence-corrected chi connectivity index (χ4v) is 3.90. The molecule has 128 valence electrons. The predicted octanol–water partition coefficient (Wildman–Crippen LogP) is -0.189. The van der Waals surface area contributed by atoms with Crippen LogP contribution in [-0.4, -0.2) is 65.4 Å². The van der Waals surface area contributed by atoms with Crippen LogP contribution in [0.15, 0.2) is 16.5 Å². The van der Waals surface area contributed by atoms with Crippen LogP contribution in [0, 0.1) is 0 Å². The summed E-state index contributed by atoms with van der Waals surface area (Å²) in [6, 6.07) is 3.29. The quantitative estimate of drug-likeness (QED) is 0.692. The van der Waals surface area contributed by atoms with Crippen LogP contribution in [0.25, 0.3) is 0 Å². The summed E-state index contributed by atoms with van der Waals surface area (Å²) in [6.45, 7) is 2.86. The summed E-state index contributed by atoms with van der Waals surface area (Å²) in [5.41, 5.74) is 0. The van der Waals surface area contributed by atoms with E-state index in [0.717, 1.165) is 31.7 Å². The lowest BCUT2D eigenvalue weighted by atomic mass is 9.95. The number of hydrogen-bond acceptors (Lipinski definition) is 7. The molecule has 2 bridgehead atoms. The molecule has 3 fully saturated rings. The van der Waals surface area contributed by atoms with Crippen molar-refractivity contribution in [1.82, 2.24) is 10.2 Å². The molecular formula is C16H24N2O5. The zero-order valence-corrected chi connectivity index (χ0v) is 13.1. The molecule has 3 N–H and O–H groups in total. The molecule has 3 aliphatic heterocycles. The van der Waals surface area contributed by atoms with E-state index in [1.165, 1.54) is 0 Å². The smallest absolute Gasteiger partial charge is 0.176 e. The van der Waals surface area contributed by atoms with Gasteiger partial charge in [-0.2, -0.15) is 0 Å². The maximum Gasteiger partial charge on any atom is 0.176 e. The molecule has 7 heteroatoms. The van der Waals surface area contributed by atoms with E-state index in [-0.39, 0.29) is 31.1 Å². The Morgan fingerprint density at radius 1 is 1.22 bits per heavy atom. The van der Waals surface area contributed by atoms with Gasteiger partial charge in [-0.25, -0.2) is 0 Å². The summed E-state index contributed by atoms with van der Waals surface area (Å²) in [4.78, 5) is 2.28. The van der Waals surface area contributed by atoms with Crippen LogP contribution in [0.4, 0.5) is 0 Å². The summed E-state index contributed by atoms with van der Waals surface area (Å²) >= 11 is 0. The van der Waals surface area contributed by atoms with Gasteiger partial charge in [-0.1, -0.05) is 0 Å². The molecule has 3 saturated heterocycles. The number of rotatable bonds is 5. The van der Waals surface area contributed by atoms with E-state index in [2.05, 4.69) is 10.2 Å². The molecule has 3 aliphatic rings. The largest absolute Gasteiger partial charge is 0.462 e. The van der Waals surface area contributed by atoms with Gasteiger partial charge >= 0.3 is 0 Å². The molecule has 5 atom stereocenters. The Kier molecular flexibility index (Phi) is 4.40. The van der Waals surface area contributed by atoms with Gasteiger partial charge in [0.25, 0.3) is 0 Å². The van der Waals surface area contributed by atoms with Gasteiger partial charge < -0.3 is 29.4 Å². The van der Waals surface area contributed by atoms with Crippen molar-refractivity contribution in [1.29, 1.82) is 0 Å². The predicted molar refractivity (Wildman–Crippen MR) is 80.5 cm³/mol. The number of aliphatic hydroxyl groups excluding tert-OH is 2. The lowest BCUT2D eigenvalue weighted by Crippen LogP contribution is -2.63. The van der Waals surface area contributed by atoms with Crippen LogP contribution < -0.4 is 5.32 Å². The molecule has 23 heavy (non-hydrogen) atoms. The molecular weight excluding hydrogens is 300 g/mol. The lowest BCUT2D eigenvalue weighted by molar-refractivity contribution is -0.179. The van der Waals surface area contributed by atoms with Gasteiger partial charge in [0.15, 0.2) is 6.29 Å². The minimum absolute atomic E-state index is 0.107. The number of ether oxygens (including phenoxy) is 2. The Hall–Kier alpha value is -0.960. The van der Waals surface area contributed by atoms with Gasteiger partial charge in [-0.05, 0) is 38.1 Å². The third-order valence-electron chi connectivity index (χ3n) is 5.08. The van der Waals surface area contributed by atoms with Crippen molar-refractivity contribution in [2.24, 2.45) is 0 Å². The average molecular weight is 324 g/mol. The summed E-state index contributed by atoms with van der Waals surface area (Å²) in [6.07, 6.45) is 1.32. The van der Waals surface area contributed by atoms with Gasteiger partial charge in [0.2, 0.25) is 0 Å². The second-order valence-electron chi connectivity index (χ2n) is 6.53. The van der Waals surface area contributed by atoms with E-state index in [1.807, 2.05) is 6.07 Å². The van der Waals surface area contributed by atoms with Gasteiger partial charge in [0.05, 0.1) is 31.3 Å². The van der Waals surface area contributed by atoms with Crippen molar-refractivity contribution < 1.29 is 24.1 Å². The van der Waals surface area contributed by atoms with Crippen molar-refractivity contribution in [3.63, 3.8) is 0 Å². The van der Waals surface area contributed by atoms with Crippen molar-refractivity contribution in [3.8, 4) is 0 Å². The number of aliphatic hydroxyl groups is 2. The molecule has 0 radical (unpaired) electrons. The molecule has 0 amide bonds. The molecule has 0 aromatic carbocycles. The molecule has 0 aliphatic carbocycles. The van der Waals surface area contributed by atoms with Crippen LogP contribution in [0.3, 0.4) is 0 Å². The highest BCUT2D eigenvalue weighted by molar-refractivity contribution is 5.08. The summed E-state index contributed by atoms with van der Waals surface area (Å²) in [5.74, 6) is 1.28. The van der Waals surface area contributed by atoms with Crippen molar-refractivity contribution in [2.45, 2.75) is 56.6 Å². The number of nitrogens with one attached hydrogen (secondary N) is 1. The highest BCUT2D eigenvalue weighted by Gasteiger charge is 2.52. The third-order valence-corrected chi connectivity index (χ3v) is 5.08. The maximum atomic E-state index is 10.9. The first-order valence-electron chi connectivity index (χ1n) is 8.37. The van der Waals surface area contributed by atoms with E-state index in [1.54, 1.807) is 6.07 Å². The second kappa shape index (κ2) is 6.51. The Morgan fingerprint density at radius 2 is 2.00 bits per heavy atom. The fourth-order valence-electron chi connectivity index (χ4n) is 3.90. The van der Waals surface area contributed by atoms with Gasteiger partial charge in [0.1, 0.15) is 24.2 Å². The number of likely N-dealkylation sites (tertiary alicyclic amines) is 1. The van der Waals surface area contributed by atoms with E-state index in [9.17, 15) is 5.11 Å². The summed E-state index contributed by atoms with van der Waals surface area (Å²) in [5, 5.41) is 23.3. The standard InChI is InChI=1S/C16H24N2O5/c19-8-11-4-3-10(22-11)7-17-13-12-9-21-16(23-12)14(15(13)20)18-5-1-2-6-18/h3-4,12-17,19-20H,1-2,5-9H2/t12-,13-,14-,15+,16-/m1/s1. The van der Waals surface area contributed by atoms with Crippen LogP contribution in [0.5, 0.6) is 0 Å². The van der Waals surface area contributed by atoms with Crippen LogP contribution in [0.2, 0.25) is 0 Å².